The minimum absolute atomic E-state index is 0. The molecule has 0 aromatic heterocycles. The molecule has 4 atom stereocenters. The molecule has 2 aliphatic carbocycles. The maximum absolute atomic E-state index is 11.1. The van der Waals surface area contributed by atoms with Crippen LogP contribution in [0.25, 0.3) is 108 Å². The van der Waals surface area contributed by atoms with Gasteiger partial charge in [0, 0.05) is 51.2 Å². The maximum Gasteiger partial charge on any atom is 0.129 e. The molecule has 0 amide bonds. The van der Waals surface area contributed by atoms with Crippen LogP contribution in [-0.2, 0) is 108 Å². The monoisotopic (exact) mass is 1670 g/mol. The number of hydrogen-bond donors (Lipinski definition) is 3. The van der Waals surface area contributed by atoms with Crippen molar-refractivity contribution in [3.63, 3.8) is 0 Å². The summed E-state index contributed by atoms with van der Waals surface area (Å²) in [6.07, 6.45) is 7.37. The number of rotatable bonds is 23. The van der Waals surface area contributed by atoms with E-state index < -0.39 is 0 Å². The predicted molar refractivity (Wildman–Crippen MR) is 537 cm³/mol. The SMILES string of the molecule is C.C.C.C.CC1c2cccc3cccc(c23)C1C1c2cccc3c(CO)ccc(c23)C1C.CCOCc1cccc2cccc(-c3cccc4cccc(COCC)c34)c12.CCc1c(CC)c(CC)c2ccccc2c1CC.CCc1cc2ccccc2c(-c2c(O)c(COC)cc3ccccc23)c1O.CCc1ccc(CC)c2c(COC)ccc(COC)c12. The fourth-order valence-electron chi connectivity index (χ4n) is 20.4. The average molecular weight is 1670 g/mol. The lowest BCUT2D eigenvalue weighted by Gasteiger charge is -2.30. The summed E-state index contributed by atoms with van der Waals surface area (Å²) in [7, 11) is 5.12. The molecule has 0 spiro atoms. The summed E-state index contributed by atoms with van der Waals surface area (Å²) in [4.78, 5) is 0. The highest BCUT2D eigenvalue weighted by atomic mass is 16.5. The number of aryl methyl sites for hydroxylation is 5. The van der Waals surface area contributed by atoms with Crippen molar-refractivity contribution >= 4 is 86.2 Å². The highest BCUT2D eigenvalue weighted by Gasteiger charge is 2.44. The summed E-state index contributed by atoms with van der Waals surface area (Å²) in [5.41, 5.74) is 26.5. The summed E-state index contributed by atoms with van der Waals surface area (Å²) >= 11 is 0. The molecule has 652 valence electrons. The molecule has 8 nitrogen and oxygen atoms in total. The van der Waals surface area contributed by atoms with E-state index >= 15 is 0 Å². The van der Waals surface area contributed by atoms with E-state index in [1.165, 1.54) is 131 Å². The number of hydrogen-bond acceptors (Lipinski definition) is 8. The number of benzene rings is 16. The third-order valence-electron chi connectivity index (χ3n) is 25.8. The number of aromatic hydroxyl groups is 2. The minimum Gasteiger partial charge on any atom is -0.507 e. The van der Waals surface area contributed by atoms with Crippen LogP contribution in [0.15, 0.2) is 249 Å². The lowest BCUT2D eigenvalue weighted by Crippen LogP contribution is -2.15. The molecule has 0 radical (unpaired) electrons. The van der Waals surface area contributed by atoms with Crippen molar-refractivity contribution in [3.8, 4) is 33.8 Å². The first kappa shape index (κ1) is 96.2. The molecule has 4 unspecified atom stereocenters. The second-order valence-electron chi connectivity index (χ2n) is 32.3. The quantitative estimate of drug-likeness (QED) is 0.0582. The third kappa shape index (κ3) is 18.8. The van der Waals surface area contributed by atoms with Crippen LogP contribution in [0, 0.1) is 0 Å². The molecule has 125 heavy (non-hydrogen) atoms. The van der Waals surface area contributed by atoms with Gasteiger partial charge < -0.3 is 39.0 Å². The van der Waals surface area contributed by atoms with Gasteiger partial charge in [-0.3, -0.25) is 0 Å². The normalized spacial score (nSPS) is 14.0. The lowest BCUT2D eigenvalue weighted by atomic mass is 9.73. The Labute approximate surface area is 746 Å². The standard InChI is InChI=1S/C27H24O.C26H26O2.C24H22O3.C18H24O2.C18H24.4CH4/c1-15-19-8-3-6-17-7-4-10-22(26(17)19)24(15)25-16(2)20-13-12-18(14-28)21-9-5-11-23(25)27(20)21;1-3-27-17-21-13-5-9-19-11-7-15-23(25(19)21)24-16-8-12-20-10-6-14-22(26(20)24)18-28-4-2;1-3-15-12-16-8-4-6-10-19(16)21(23(15)25)22-20-11-7-5-9-17(20)13-18(14-27-2)24(22)26;1-5-13-7-8-14(6-2)18-16(12-20-4)10-9-15(11-19-3)17(13)18;1-5-13-14(6-2)16(8-4)18-12-10-9-11-17(18)15(13)7-3;;;;/h3-13,15-16,24-25,28H,14H2,1-2H3;5-16H,3-4,17-18H2,1-2H3;4-13,25-26H,3,14H2,1-2H3;7-10H,5-6,11-12H2,1-4H3;9-12H,5-8H2,1-4H3;4*1H4. The largest absolute Gasteiger partial charge is 0.507 e. The summed E-state index contributed by atoms with van der Waals surface area (Å²) < 4.78 is 27.6. The Hall–Kier alpha value is -11.0. The first-order valence-corrected chi connectivity index (χ1v) is 44.1. The summed E-state index contributed by atoms with van der Waals surface area (Å²) in [6.45, 7) is 28.9. The fourth-order valence-corrected chi connectivity index (χ4v) is 20.4. The van der Waals surface area contributed by atoms with Crippen molar-refractivity contribution in [2.75, 3.05) is 34.5 Å². The summed E-state index contributed by atoms with van der Waals surface area (Å²) in [5, 5.41) is 52.1. The maximum atomic E-state index is 11.1. The van der Waals surface area contributed by atoms with Gasteiger partial charge in [0.1, 0.15) is 11.5 Å². The average Bonchev–Trinajstić information content (AvgIpc) is 1.52. The molecule has 2 aliphatic rings. The Balaban J connectivity index is 0.000000164. The molecule has 0 fully saturated rings. The van der Waals surface area contributed by atoms with Crippen molar-refractivity contribution in [2.24, 2.45) is 0 Å². The molecule has 0 aliphatic heterocycles. The Morgan fingerprint density at radius 2 is 0.592 bits per heavy atom. The van der Waals surface area contributed by atoms with Crippen LogP contribution < -0.4 is 0 Å². The zero-order valence-corrected chi connectivity index (χ0v) is 73.5. The summed E-state index contributed by atoms with van der Waals surface area (Å²) in [5.74, 6) is 2.34. The van der Waals surface area contributed by atoms with Crippen LogP contribution in [-0.4, -0.2) is 49.9 Å². The number of fused-ring (bicyclic) bond motifs is 6. The van der Waals surface area contributed by atoms with E-state index in [9.17, 15) is 15.3 Å². The molecular weight excluding hydrogens is 1530 g/mol. The molecule has 3 N–H and O–H groups in total. The van der Waals surface area contributed by atoms with Crippen LogP contribution in [0.1, 0.15) is 224 Å². The molecule has 0 saturated carbocycles. The Morgan fingerprint density at radius 1 is 0.264 bits per heavy atom. The van der Waals surface area contributed by atoms with Crippen molar-refractivity contribution in [1.29, 1.82) is 0 Å². The van der Waals surface area contributed by atoms with Gasteiger partial charge in [-0.25, -0.2) is 0 Å². The second kappa shape index (κ2) is 44.2. The van der Waals surface area contributed by atoms with Gasteiger partial charge in [0.2, 0.25) is 0 Å². The highest BCUT2D eigenvalue weighted by molar-refractivity contribution is 6.11. The summed E-state index contributed by atoms with van der Waals surface area (Å²) in [6, 6.07) is 88.4. The van der Waals surface area contributed by atoms with Crippen LogP contribution in [0.5, 0.6) is 11.5 Å². The molecule has 18 rings (SSSR count). The zero-order valence-electron chi connectivity index (χ0n) is 73.5. The third-order valence-corrected chi connectivity index (χ3v) is 25.8. The number of methoxy groups -OCH3 is 3. The predicted octanol–water partition coefficient (Wildman–Crippen LogP) is 31.0. The number of phenols is 2. The number of aliphatic hydroxyl groups excluding tert-OH is 1. The Bertz CT molecular complexity index is 6180. The van der Waals surface area contributed by atoms with Crippen molar-refractivity contribution < 1.29 is 39.0 Å². The number of phenolic OH excluding ortho intramolecular Hbond substituents is 2. The molecule has 8 heteroatoms. The van der Waals surface area contributed by atoms with Crippen LogP contribution in [0.2, 0.25) is 0 Å². The van der Waals surface area contributed by atoms with E-state index in [0.29, 0.717) is 93.0 Å². The number of ether oxygens (including phenoxy) is 5. The van der Waals surface area contributed by atoms with Crippen molar-refractivity contribution in [2.45, 2.75) is 214 Å². The lowest BCUT2D eigenvalue weighted by molar-refractivity contribution is 0.135. The van der Waals surface area contributed by atoms with Crippen molar-refractivity contribution in [3.05, 3.63) is 343 Å². The minimum atomic E-state index is 0. The van der Waals surface area contributed by atoms with E-state index in [4.69, 9.17) is 23.7 Å². The van der Waals surface area contributed by atoms with Gasteiger partial charge in [-0.15, -0.1) is 0 Å². The van der Waals surface area contributed by atoms with E-state index in [1.54, 1.807) is 43.6 Å². The van der Waals surface area contributed by atoms with Gasteiger partial charge in [0.15, 0.2) is 0 Å². The van der Waals surface area contributed by atoms with Crippen molar-refractivity contribution in [1.82, 2.24) is 0 Å². The van der Waals surface area contributed by atoms with Crippen LogP contribution in [0.4, 0.5) is 0 Å². The molecule has 0 saturated heterocycles. The first-order chi connectivity index (χ1) is 59.2. The number of aliphatic hydroxyl groups is 1. The zero-order chi connectivity index (χ0) is 85.0. The first-order valence-electron chi connectivity index (χ1n) is 44.1. The van der Waals surface area contributed by atoms with Crippen LogP contribution >= 0.6 is 0 Å². The Morgan fingerprint density at radius 3 is 1.02 bits per heavy atom. The smallest absolute Gasteiger partial charge is 0.129 e. The van der Waals surface area contributed by atoms with Gasteiger partial charge >= 0.3 is 0 Å². The topological polar surface area (TPSA) is 107 Å². The molecule has 0 heterocycles. The van der Waals surface area contributed by atoms with Gasteiger partial charge in [-0.1, -0.05) is 329 Å². The highest BCUT2D eigenvalue weighted by Crippen LogP contribution is 2.61. The Kier molecular flexibility index (Phi) is 34.0. The van der Waals surface area contributed by atoms with Gasteiger partial charge in [-0.2, -0.15) is 0 Å². The van der Waals surface area contributed by atoms with Crippen LogP contribution in [0.3, 0.4) is 0 Å². The molecule has 16 aromatic rings. The fraction of sp³-hybridized carbons (Fsp3) is 0.316. The van der Waals surface area contributed by atoms with Gasteiger partial charge in [0.25, 0.3) is 0 Å². The molecule has 0 bridgehead atoms. The van der Waals surface area contributed by atoms with E-state index in [-0.39, 0.29) is 47.8 Å². The molecule has 16 aromatic carbocycles. The van der Waals surface area contributed by atoms with Gasteiger partial charge in [0.05, 0.1) is 39.6 Å². The van der Waals surface area contributed by atoms with E-state index in [1.807, 2.05) is 81.4 Å². The molecular formula is C117H136O8. The van der Waals surface area contributed by atoms with Gasteiger partial charge in [-0.05, 0) is 281 Å². The van der Waals surface area contributed by atoms with E-state index in [0.717, 1.165) is 71.2 Å². The second-order valence-corrected chi connectivity index (χ2v) is 32.3. The van der Waals surface area contributed by atoms with E-state index in [2.05, 4.69) is 243 Å².